The quantitative estimate of drug-likeness (QED) is 0.871. The van der Waals surface area contributed by atoms with Crippen molar-refractivity contribution in [2.24, 2.45) is 0 Å². The average Bonchev–Trinajstić information content (AvgIpc) is 3.00. The summed E-state index contributed by atoms with van der Waals surface area (Å²) in [5, 5.41) is 4.28. The van der Waals surface area contributed by atoms with Crippen LogP contribution in [0.4, 0.5) is 5.69 Å². The third-order valence-corrected chi connectivity index (χ3v) is 4.34. The second kappa shape index (κ2) is 6.97. The normalized spacial score (nSPS) is 15.3. The van der Waals surface area contributed by atoms with Crippen LogP contribution in [0.1, 0.15) is 24.0 Å². The van der Waals surface area contributed by atoms with Crippen molar-refractivity contribution in [2.45, 2.75) is 25.9 Å². The fourth-order valence-electron chi connectivity index (χ4n) is 2.82. The highest BCUT2D eigenvalue weighted by molar-refractivity contribution is 6.31. The molecule has 0 aromatic heterocycles. The van der Waals surface area contributed by atoms with Crippen molar-refractivity contribution >= 4 is 17.3 Å². The molecule has 0 radical (unpaired) electrons. The van der Waals surface area contributed by atoms with Gasteiger partial charge in [-0.15, -0.1) is 0 Å². The van der Waals surface area contributed by atoms with Crippen LogP contribution in [-0.4, -0.2) is 18.0 Å². The van der Waals surface area contributed by atoms with Gasteiger partial charge in [0.05, 0.1) is 0 Å². The zero-order valence-corrected chi connectivity index (χ0v) is 12.9. The lowest BCUT2D eigenvalue weighted by molar-refractivity contribution is 0.331. The van der Waals surface area contributed by atoms with E-state index in [9.17, 15) is 0 Å². The van der Waals surface area contributed by atoms with Crippen LogP contribution in [0.3, 0.4) is 0 Å². The summed E-state index contributed by atoms with van der Waals surface area (Å²) in [6, 6.07) is 16.7. The number of likely N-dealkylation sites (tertiary alicyclic amines) is 1. The Morgan fingerprint density at radius 1 is 1.00 bits per heavy atom. The van der Waals surface area contributed by atoms with E-state index in [0.717, 1.165) is 29.4 Å². The highest BCUT2D eigenvalue weighted by atomic mass is 35.5. The molecular weight excluding hydrogens is 280 g/mol. The van der Waals surface area contributed by atoms with Crippen LogP contribution in [0, 0.1) is 0 Å². The Bertz CT molecular complexity index is 591. The molecule has 0 bridgehead atoms. The van der Waals surface area contributed by atoms with Gasteiger partial charge in [0.25, 0.3) is 0 Å². The van der Waals surface area contributed by atoms with E-state index in [1.807, 2.05) is 18.2 Å². The zero-order chi connectivity index (χ0) is 14.5. The molecule has 3 rings (SSSR count). The van der Waals surface area contributed by atoms with Crippen LogP contribution in [0.5, 0.6) is 0 Å². The SMILES string of the molecule is Clc1ccccc1CNc1cccc(CN2CCCC2)c1. The van der Waals surface area contributed by atoms with Crippen LogP contribution in [-0.2, 0) is 13.1 Å². The first-order chi connectivity index (χ1) is 10.3. The van der Waals surface area contributed by atoms with Crippen molar-refractivity contribution in [2.75, 3.05) is 18.4 Å². The molecule has 21 heavy (non-hydrogen) atoms. The summed E-state index contributed by atoms with van der Waals surface area (Å²) in [6.07, 6.45) is 2.68. The highest BCUT2D eigenvalue weighted by Gasteiger charge is 2.11. The number of hydrogen-bond donors (Lipinski definition) is 1. The molecule has 1 saturated heterocycles. The van der Waals surface area contributed by atoms with Crippen LogP contribution >= 0.6 is 11.6 Å². The van der Waals surface area contributed by atoms with Gasteiger partial charge in [-0.25, -0.2) is 0 Å². The molecule has 0 aliphatic carbocycles. The second-order valence-corrected chi connectivity index (χ2v) is 6.04. The van der Waals surface area contributed by atoms with Crippen molar-refractivity contribution in [3.63, 3.8) is 0 Å². The monoisotopic (exact) mass is 300 g/mol. The van der Waals surface area contributed by atoms with Crippen molar-refractivity contribution in [1.82, 2.24) is 4.90 Å². The summed E-state index contributed by atoms with van der Waals surface area (Å²) >= 11 is 6.19. The zero-order valence-electron chi connectivity index (χ0n) is 12.2. The number of rotatable bonds is 5. The lowest BCUT2D eigenvalue weighted by atomic mass is 10.1. The minimum Gasteiger partial charge on any atom is -0.381 e. The standard InChI is InChI=1S/C18H21ClN2/c19-18-9-2-1-7-16(18)13-20-17-8-5-6-15(12-17)14-21-10-3-4-11-21/h1-2,5-9,12,20H,3-4,10-11,13-14H2. The van der Waals surface area contributed by atoms with Crippen LogP contribution in [0.25, 0.3) is 0 Å². The number of nitrogens with zero attached hydrogens (tertiary/aromatic N) is 1. The first-order valence-electron chi connectivity index (χ1n) is 7.60. The first kappa shape index (κ1) is 14.4. The molecule has 2 aromatic carbocycles. The Kier molecular flexibility index (Phi) is 4.79. The minimum absolute atomic E-state index is 0.757. The molecular formula is C18H21ClN2. The largest absolute Gasteiger partial charge is 0.381 e. The maximum absolute atomic E-state index is 6.19. The maximum Gasteiger partial charge on any atom is 0.0455 e. The first-order valence-corrected chi connectivity index (χ1v) is 7.98. The summed E-state index contributed by atoms with van der Waals surface area (Å²) in [5.74, 6) is 0. The van der Waals surface area contributed by atoms with Crippen LogP contribution in [0.2, 0.25) is 5.02 Å². The predicted molar refractivity (Wildman–Crippen MR) is 89.7 cm³/mol. The van der Waals surface area contributed by atoms with Gasteiger partial charge in [-0.3, -0.25) is 4.90 Å². The molecule has 1 fully saturated rings. The van der Waals surface area contributed by atoms with E-state index >= 15 is 0 Å². The molecule has 0 saturated carbocycles. The number of benzene rings is 2. The number of nitrogens with one attached hydrogen (secondary N) is 1. The Morgan fingerprint density at radius 2 is 1.81 bits per heavy atom. The number of halogens is 1. The van der Waals surface area contributed by atoms with Gasteiger partial charge in [0.2, 0.25) is 0 Å². The third-order valence-electron chi connectivity index (χ3n) is 3.97. The predicted octanol–water partition coefficient (Wildman–Crippen LogP) is 4.55. The molecule has 1 N–H and O–H groups in total. The molecule has 3 heteroatoms. The molecule has 0 spiro atoms. The smallest absolute Gasteiger partial charge is 0.0455 e. The second-order valence-electron chi connectivity index (χ2n) is 5.63. The molecule has 0 amide bonds. The van der Waals surface area contributed by atoms with E-state index in [0.29, 0.717) is 0 Å². The fourth-order valence-corrected chi connectivity index (χ4v) is 3.02. The highest BCUT2D eigenvalue weighted by Crippen LogP contribution is 2.19. The van der Waals surface area contributed by atoms with Crippen molar-refractivity contribution in [1.29, 1.82) is 0 Å². The van der Waals surface area contributed by atoms with Gasteiger partial charge < -0.3 is 5.32 Å². The Morgan fingerprint density at radius 3 is 2.62 bits per heavy atom. The Hall–Kier alpha value is -1.51. The van der Waals surface area contributed by atoms with Crippen molar-refractivity contribution in [3.05, 3.63) is 64.7 Å². The molecule has 1 heterocycles. The molecule has 0 unspecified atom stereocenters. The van der Waals surface area contributed by atoms with Crippen molar-refractivity contribution in [3.8, 4) is 0 Å². The minimum atomic E-state index is 0.757. The number of anilines is 1. The lowest BCUT2D eigenvalue weighted by Gasteiger charge is -2.15. The lowest BCUT2D eigenvalue weighted by Crippen LogP contribution is -2.18. The number of hydrogen-bond acceptors (Lipinski definition) is 2. The summed E-state index contributed by atoms with van der Waals surface area (Å²) in [7, 11) is 0. The summed E-state index contributed by atoms with van der Waals surface area (Å²) in [4.78, 5) is 2.52. The molecule has 1 aliphatic rings. The van der Waals surface area contributed by atoms with Crippen LogP contribution in [0.15, 0.2) is 48.5 Å². The van der Waals surface area contributed by atoms with Gasteiger partial charge in [-0.2, -0.15) is 0 Å². The molecule has 2 aromatic rings. The van der Waals surface area contributed by atoms with E-state index in [1.54, 1.807) is 0 Å². The van der Waals surface area contributed by atoms with Gasteiger partial charge in [-0.1, -0.05) is 41.9 Å². The Labute approximate surface area is 131 Å². The van der Waals surface area contributed by atoms with Crippen molar-refractivity contribution < 1.29 is 0 Å². The van der Waals surface area contributed by atoms with Gasteiger partial charge in [-0.05, 0) is 55.3 Å². The molecule has 2 nitrogen and oxygen atoms in total. The molecule has 1 aliphatic heterocycles. The van der Waals surface area contributed by atoms with E-state index in [1.165, 1.54) is 31.5 Å². The summed E-state index contributed by atoms with van der Waals surface area (Å²) < 4.78 is 0. The van der Waals surface area contributed by atoms with E-state index in [4.69, 9.17) is 11.6 Å². The van der Waals surface area contributed by atoms with E-state index < -0.39 is 0 Å². The average molecular weight is 301 g/mol. The fraction of sp³-hybridized carbons (Fsp3) is 0.333. The van der Waals surface area contributed by atoms with Crippen LogP contribution < -0.4 is 5.32 Å². The Balaban J connectivity index is 1.61. The summed E-state index contributed by atoms with van der Waals surface area (Å²) in [6.45, 7) is 4.28. The van der Waals surface area contributed by atoms with Gasteiger partial charge in [0.1, 0.15) is 0 Å². The third kappa shape index (κ3) is 3.99. The molecule has 110 valence electrons. The van der Waals surface area contributed by atoms with E-state index in [-0.39, 0.29) is 0 Å². The molecule has 0 atom stereocenters. The van der Waals surface area contributed by atoms with Gasteiger partial charge >= 0.3 is 0 Å². The maximum atomic E-state index is 6.19. The van der Waals surface area contributed by atoms with Gasteiger partial charge in [0.15, 0.2) is 0 Å². The topological polar surface area (TPSA) is 15.3 Å². The van der Waals surface area contributed by atoms with E-state index in [2.05, 4.69) is 40.5 Å². The summed E-state index contributed by atoms with van der Waals surface area (Å²) in [5.41, 5.74) is 3.66. The van der Waals surface area contributed by atoms with Gasteiger partial charge in [0, 0.05) is 23.8 Å².